The summed E-state index contributed by atoms with van der Waals surface area (Å²) in [5.41, 5.74) is 19.6. The average Bonchev–Trinajstić information content (AvgIpc) is 3.85. The van der Waals surface area contributed by atoms with Gasteiger partial charge in [-0.3, -0.25) is 0 Å². The van der Waals surface area contributed by atoms with Crippen molar-refractivity contribution in [1.82, 2.24) is 19.9 Å². The molecule has 3 aromatic rings. The molecule has 9 rings (SSSR count). The Balaban J connectivity index is 1.48. The largest absolute Gasteiger partial charge is 0.355 e. The van der Waals surface area contributed by atoms with Gasteiger partial charge in [-0.1, -0.05) is 52.7 Å². The first kappa shape index (κ1) is 32.5. The predicted octanol–water partition coefficient (Wildman–Crippen LogP) is 11.0. The average molecular weight is 657 g/mol. The van der Waals surface area contributed by atoms with Crippen molar-refractivity contribution in [3.05, 3.63) is 81.4 Å². The summed E-state index contributed by atoms with van der Waals surface area (Å²) in [6.45, 7) is 17.7. The molecule has 6 nitrogen and oxygen atoms in total. The van der Waals surface area contributed by atoms with Gasteiger partial charge in [0.25, 0.3) is 0 Å². The highest BCUT2D eigenvalue weighted by Gasteiger charge is 2.55. The van der Waals surface area contributed by atoms with Gasteiger partial charge >= 0.3 is 0 Å². The summed E-state index contributed by atoms with van der Waals surface area (Å²) in [6, 6.07) is 9.27. The highest BCUT2D eigenvalue weighted by atomic mass is 16.8. The number of aromatic nitrogens is 4. The molecule has 3 aliphatic carbocycles. The van der Waals surface area contributed by atoms with Crippen LogP contribution in [0.25, 0.3) is 44.4 Å². The Morgan fingerprint density at radius 3 is 1.43 bits per heavy atom. The van der Waals surface area contributed by atoms with E-state index in [0.29, 0.717) is 0 Å². The van der Waals surface area contributed by atoms with E-state index in [2.05, 4.69) is 87.9 Å². The molecule has 256 valence electrons. The summed E-state index contributed by atoms with van der Waals surface area (Å²) in [5, 5.41) is 0. The summed E-state index contributed by atoms with van der Waals surface area (Å²) >= 11 is 0. The summed E-state index contributed by atoms with van der Waals surface area (Å²) in [7, 11) is 0. The molecule has 10 bridgehead atoms. The maximum Gasteiger partial charge on any atom is 0.163 e. The third-order valence-corrected chi connectivity index (χ3v) is 11.7. The van der Waals surface area contributed by atoms with Crippen LogP contribution in [0.2, 0.25) is 0 Å². The van der Waals surface area contributed by atoms with Crippen LogP contribution in [0.1, 0.15) is 151 Å². The standard InChI is InChI=1S/C43H52N4O2/c1-9-13-15-27-23(5)31-19-37-39-29-17-18-30(42-41(29)48-43(7,8)49-42)40(39)38(47-37)20-32-24(6)28(16-14-10-2)36(45-32)22-34-26(12-4)25(11-3)33(46-34)21-35(27)44-31/h17-22,29-30,41-42,46-47H,9-16H2,1-8H3. The van der Waals surface area contributed by atoms with Crippen LogP contribution in [0, 0.1) is 0 Å². The van der Waals surface area contributed by atoms with Gasteiger partial charge in [-0.15, -0.1) is 0 Å². The van der Waals surface area contributed by atoms with Crippen LogP contribution in [-0.4, -0.2) is 37.9 Å². The first-order valence-electron chi connectivity index (χ1n) is 18.9. The number of unbranched alkanes of at least 4 members (excludes halogenated alkanes) is 2. The highest BCUT2D eigenvalue weighted by molar-refractivity contribution is 5.95. The molecule has 1 fully saturated rings. The number of ether oxygens (including phenoxy) is 2. The number of fused-ring (bicyclic) bond motifs is 8. The molecule has 0 amide bonds. The van der Waals surface area contributed by atoms with Crippen molar-refractivity contribution in [2.75, 3.05) is 0 Å². The molecule has 1 saturated heterocycles. The number of aryl methyl sites for hydroxylation is 2. The monoisotopic (exact) mass is 656 g/mol. The fourth-order valence-electron chi connectivity index (χ4n) is 9.20. The number of hydrogen-bond acceptors (Lipinski definition) is 4. The molecule has 4 unspecified atom stereocenters. The van der Waals surface area contributed by atoms with Crippen LogP contribution in [0.3, 0.4) is 0 Å². The number of H-pyrrole nitrogens is 2. The van der Waals surface area contributed by atoms with Crippen molar-refractivity contribution in [1.29, 1.82) is 0 Å². The minimum atomic E-state index is -0.608. The van der Waals surface area contributed by atoms with Crippen LogP contribution in [0.15, 0.2) is 36.4 Å². The molecule has 4 atom stereocenters. The van der Waals surface area contributed by atoms with E-state index in [1.54, 1.807) is 0 Å². The molecule has 0 radical (unpaired) electrons. The van der Waals surface area contributed by atoms with E-state index in [1.807, 2.05) is 13.8 Å². The number of nitrogens with one attached hydrogen (secondary N) is 2. The third kappa shape index (κ3) is 5.20. The molecule has 2 N–H and O–H groups in total. The summed E-state index contributed by atoms with van der Waals surface area (Å²) < 4.78 is 13.2. The lowest BCUT2D eigenvalue weighted by Gasteiger charge is -2.39. The molecule has 3 aliphatic heterocycles. The molecule has 0 aromatic carbocycles. The van der Waals surface area contributed by atoms with Crippen LogP contribution in [0.5, 0.6) is 0 Å². The van der Waals surface area contributed by atoms with Crippen LogP contribution in [0.4, 0.5) is 0 Å². The van der Waals surface area contributed by atoms with Crippen molar-refractivity contribution in [2.24, 2.45) is 0 Å². The van der Waals surface area contributed by atoms with Gasteiger partial charge in [0, 0.05) is 33.9 Å². The summed E-state index contributed by atoms with van der Waals surface area (Å²) in [4.78, 5) is 18.6. The fourth-order valence-corrected chi connectivity index (χ4v) is 9.20. The van der Waals surface area contributed by atoms with Crippen molar-refractivity contribution in [2.45, 2.75) is 137 Å². The molecule has 0 spiro atoms. The molecule has 6 heterocycles. The van der Waals surface area contributed by atoms with Gasteiger partial charge < -0.3 is 19.4 Å². The Labute approximate surface area is 291 Å². The van der Waals surface area contributed by atoms with Gasteiger partial charge in [-0.25, -0.2) is 9.97 Å². The Morgan fingerprint density at radius 2 is 1.02 bits per heavy atom. The third-order valence-electron chi connectivity index (χ3n) is 11.7. The zero-order chi connectivity index (χ0) is 34.2. The number of allylic oxidation sites excluding steroid dienone is 4. The molecule has 49 heavy (non-hydrogen) atoms. The van der Waals surface area contributed by atoms with Gasteiger partial charge in [-0.05, 0) is 135 Å². The van der Waals surface area contributed by atoms with E-state index in [-0.39, 0.29) is 24.0 Å². The zero-order valence-corrected chi connectivity index (χ0v) is 30.6. The number of aromatic amines is 2. The van der Waals surface area contributed by atoms with E-state index in [4.69, 9.17) is 19.4 Å². The van der Waals surface area contributed by atoms with Crippen LogP contribution >= 0.6 is 0 Å². The van der Waals surface area contributed by atoms with Gasteiger partial charge in [0.15, 0.2) is 5.79 Å². The fraction of sp³-hybridized carbons (Fsp3) is 0.488. The lowest BCUT2D eigenvalue weighted by Crippen LogP contribution is -2.40. The van der Waals surface area contributed by atoms with Crippen LogP contribution in [-0.2, 0) is 22.3 Å². The van der Waals surface area contributed by atoms with E-state index in [9.17, 15) is 0 Å². The Morgan fingerprint density at radius 1 is 0.612 bits per heavy atom. The number of nitrogens with zero attached hydrogens (tertiary/aromatic N) is 2. The molecule has 6 heteroatoms. The van der Waals surface area contributed by atoms with E-state index in [0.717, 1.165) is 85.2 Å². The molecular weight excluding hydrogens is 604 g/mol. The summed E-state index contributed by atoms with van der Waals surface area (Å²) in [5.74, 6) is -0.397. The van der Waals surface area contributed by atoms with E-state index >= 15 is 0 Å². The van der Waals surface area contributed by atoms with Gasteiger partial charge in [0.2, 0.25) is 0 Å². The number of hydrogen-bond donors (Lipinski definition) is 2. The lowest BCUT2D eigenvalue weighted by molar-refractivity contribution is -0.146. The SMILES string of the molecule is CCCCC1=C(C)c2cc3[nH]c(cc4nc(cc5[nH]c(cc1n2)c(CC)c5CC)C(CCCC)=C4C)c1c3C2C=CC1C1OC(C)(C)OC21. The minimum absolute atomic E-state index is 0.0113. The Bertz CT molecular complexity index is 1960. The maximum atomic E-state index is 6.60. The first-order chi connectivity index (χ1) is 23.7. The second-order valence-electron chi connectivity index (χ2n) is 15.2. The quantitative estimate of drug-likeness (QED) is 0.237. The van der Waals surface area contributed by atoms with Crippen LogP contribution < -0.4 is 0 Å². The minimum Gasteiger partial charge on any atom is -0.355 e. The molecular formula is C43H52N4O2. The van der Waals surface area contributed by atoms with Crippen molar-refractivity contribution >= 4 is 44.4 Å². The predicted molar refractivity (Wildman–Crippen MR) is 202 cm³/mol. The topological polar surface area (TPSA) is 75.8 Å². The van der Waals surface area contributed by atoms with E-state index in [1.165, 1.54) is 55.6 Å². The van der Waals surface area contributed by atoms with Gasteiger partial charge in [-0.2, -0.15) is 0 Å². The lowest BCUT2D eigenvalue weighted by atomic mass is 9.69. The highest BCUT2D eigenvalue weighted by Crippen LogP contribution is 2.55. The molecule has 6 aliphatic rings. The second kappa shape index (κ2) is 12.2. The van der Waals surface area contributed by atoms with Crippen molar-refractivity contribution < 1.29 is 9.47 Å². The van der Waals surface area contributed by atoms with Gasteiger partial charge in [0.05, 0.1) is 35.0 Å². The first-order valence-corrected chi connectivity index (χ1v) is 18.9. The Kier molecular flexibility index (Phi) is 8.11. The molecule has 3 aromatic heterocycles. The smallest absolute Gasteiger partial charge is 0.163 e. The molecule has 0 saturated carbocycles. The summed E-state index contributed by atoms with van der Waals surface area (Å²) in [6.07, 6.45) is 13.3. The second-order valence-corrected chi connectivity index (χ2v) is 15.2. The zero-order valence-electron chi connectivity index (χ0n) is 30.6. The number of rotatable bonds is 8. The maximum absolute atomic E-state index is 6.60. The van der Waals surface area contributed by atoms with Crippen molar-refractivity contribution in [3.63, 3.8) is 0 Å². The Hall–Kier alpha value is -3.74. The van der Waals surface area contributed by atoms with Gasteiger partial charge in [0.1, 0.15) is 0 Å². The normalized spacial score (nSPS) is 23.5. The van der Waals surface area contributed by atoms with E-state index < -0.39 is 5.79 Å². The van der Waals surface area contributed by atoms with Crippen molar-refractivity contribution in [3.8, 4) is 0 Å².